The molecule has 21 heavy (non-hydrogen) atoms. The largest absolute Gasteiger partial charge is 0.495 e. The standard InChI is InChI=1S/C15H22N2O4/c1-9(2)7-12(15(19)21-4)17-14(18)10-5-6-11(16)13(8-10)20-3/h5-6,8-9,12H,7,16H2,1-4H3,(H,17,18)/t12-/m1/s1. The quantitative estimate of drug-likeness (QED) is 0.614. The van der Waals surface area contributed by atoms with Gasteiger partial charge in [0.2, 0.25) is 0 Å². The Balaban J connectivity index is 2.88. The third-order valence-corrected chi connectivity index (χ3v) is 2.99. The summed E-state index contributed by atoms with van der Waals surface area (Å²) in [7, 11) is 2.78. The Morgan fingerprint density at radius 3 is 2.48 bits per heavy atom. The van der Waals surface area contributed by atoms with Crippen LogP contribution < -0.4 is 15.8 Å². The Bertz CT molecular complexity index is 514. The van der Waals surface area contributed by atoms with E-state index in [1.165, 1.54) is 20.3 Å². The van der Waals surface area contributed by atoms with Crippen LogP contribution in [0.4, 0.5) is 5.69 Å². The first kappa shape index (κ1) is 16.8. The van der Waals surface area contributed by atoms with Crippen molar-refractivity contribution >= 4 is 17.6 Å². The van der Waals surface area contributed by atoms with Crippen LogP contribution in [0, 0.1) is 5.92 Å². The Hall–Kier alpha value is -2.24. The zero-order valence-electron chi connectivity index (χ0n) is 12.8. The summed E-state index contributed by atoms with van der Waals surface area (Å²) < 4.78 is 9.79. The molecule has 6 heteroatoms. The van der Waals surface area contributed by atoms with E-state index < -0.39 is 12.0 Å². The van der Waals surface area contributed by atoms with Crippen molar-refractivity contribution in [1.29, 1.82) is 0 Å². The van der Waals surface area contributed by atoms with E-state index in [2.05, 4.69) is 5.32 Å². The van der Waals surface area contributed by atoms with Gasteiger partial charge in [-0.2, -0.15) is 0 Å². The fourth-order valence-corrected chi connectivity index (χ4v) is 1.92. The first-order chi connectivity index (χ1) is 9.88. The van der Waals surface area contributed by atoms with Crippen LogP contribution in [0.1, 0.15) is 30.6 Å². The lowest BCUT2D eigenvalue weighted by Gasteiger charge is -2.18. The summed E-state index contributed by atoms with van der Waals surface area (Å²) in [5.41, 5.74) is 6.53. The van der Waals surface area contributed by atoms with Crippen molar-refractivity contribution in [2.75, 3.05) is 20.0 Å². The summed E-state index contributed by atoms with van der Waals surface area (Å²) in [6.07, 6.45) is 0.504. The van der Waals surface area contributed by atoms with Gasteiger partial charge in [-0.15, -0.1) is 0 Å². The molecule has 0 saturated heterocycles. The maximum Gasteiger partial charge on any atom is 0.328 e. The van der Waals surface area contributed by atoms with Gasteiger partial charge in [-0.05, 0) is 30.5 Å². The third kappa shape index (κ3) is 4.66. The van der Waals surface area contributed by atoms with Gasteiger partial charge >= 0.3 is 5.97 Å². The van der Waals surface area contributed by atoms with E-state index in [1.54, 1.807) is 12.1 Å². The van der Waals surface area contributed by atoms with Crippen LogP contribution in [0.15, 0.2) is 18.2 Å². The number of rotatable bonds is 6. The van der Waals surface area contributed by atoms with Crippen LogP contribution in [0.3, 0.4) is 0 Å². The summed E-state index contributed by atoms with van der Waals surface area (Å²) in [4.78, 5) is 23.9. The minimum absolute atomic E-state index is 0.246. The van der Waals surface area contributed by atoms with Crippen molar-refractivity contribution in [2.24, 2.45) is 5.92 Å². The van der Waals surface area contributed by atoms with Crippen LogP contribution in [0.25, 0.3) is 0 Å². The monoisotopic (exact) mass is 294 g/mol. The van der Waals surface area contributed by atoms with Crippen LogP contribution in [0.2, 0.25) is 0 Å². The van der Waals surface area contributed by atoms with E-state index in [0.29, 0.717) is 23.4 Å². The molecular weight excluding hydrogens is 272 g/mol. The predicted molar refractivity (Wildman–Crippen MR) is 80.1 cm³/mol. The highest BCUT2D eigenvalue weighted by atomic mass is 16.5. The number of esters is 1. The molecule has 0 aliphatic heterocycles. The molecule has 0 heterocycles. The Labute approximate surface area is 124 Å². The number of carbonyl (C=O) groups is 2. The Kier molecular flexibility index (Phi) is 6.02. The summed E-state index contributed by atoms with van der Waals surface area (Å²) >= 11 is 0. The number of anilines is 1. The normalized spacial score (nSPS) is 11.9. The zero-order chi connectivity index (χ0) is 16.0. The second kappa shape index (κ2) is 7.52. The molecular formula is C15H22N2O4. The molecule has 0 aromatic heterocycles. The van der Waals surface area contributed by atoms with Gasteiger partial charge in [-0.3, -0.25) is 4.79 Å². The van der Waals surface area contributed by atoms with Gasteiger partial charge in [0, 0.05) is 5.56 Å². The van der Waals surface area contributed by atoms with Crippen molar-refractivity contribution in [3.63, 3.8) is 0 Å². The highest BCUT2D eigenvalue weighted by Gasteiger charge is 2.23. The lowest BCUT2D eigenvalue weighted by Crippen LogP contribution is -2.42. The fraction of sp³-hybridized carbons (Fsp3) is 0.467. The van der Waals surface area contributed by atoms with Crippen LogP contribution in [-0.4, -0.2) is 32.1 Å². The second-order valence-corrected chi connectivity index (χ2v) is 5.14. The maximum atomic E-state index is 12.2. The molecule has 0 aliphatic carbocycles. The molecule has 1 aromatic rings. The maximum absolute atomic E-state index is 12.2. The topological polar surface area (TPSA) is 90.7 Å². The molecule has 1 rings (SSSR count). The molecule has 0 saturated carbocycles. The molecule has 1 aromatic carbocycles. The van der Waals surface area contributed by atoms with Gasteiger partial charge < -0.3 is 20.5 Å². The number of nitrogens with two attached hydrogens (primary N) is 1. The average Bonchev–Trinajstić information content (AvgIpc) is 2.45. The second-order valence-electron chi connectivity index (χ2n) is 5.14. The molecule has 0 spiro atoms. The summed E-state index contributed by atoms with van der Waals surface area (Å²) in [6, 6.07) is 4.03. The molecule has 116 valence electrons. The number of hydrogen-bond donors (Lipinski definition) is 2. The molecule has 3 N–H and O–H groups in total. The van der Waals surface area contributed by atoms with Crippen molar-refractivity contribution < 1.29 is 19.1 Å². The first-order valence-corrected chi connectivity index (χ1v) is 6.71. The molecule has 0 fully saturated rings. The first-order valence-electron chi connectivity index (χ1n) is 6.71. The lowest BCUT2D eigenvalue weighted by atomic mass is 10.0. The lowest BCUT2D eigenvalue weighted by molar-refractivity contribution is -0.143. The molecule has 6 nitrogen and oxygen atoms in total. The van der Waals surface area contributed by atoms with Gasteiger partial charge in [0.25, 0.3) is 5.91 Å². The van der Waals surface area contributed by atoms with Gasteiger partial charge in [0.1, 0.15) is 11.8 Å². The van der Waals surface area contributed by atoms with Crippen molar-refractivity contribution in [3.8, 4) is 5.75 Å². The SMILES string of the molecule is COC(=O)[C@@H](CC(C)C)NC(=O)c1ccc(N)c(OC)c1. The Morgan fingerprint density at radius 2 is 1.95 bits per heavy atom. The van der Waals surface area contributed by atoms with E-state index in [-0.39, 0.29) is 11.8 Å². The van der Waals surface area contributed by atoms with Gasteiger partial charge in [0.15, 0.2) is 0 Å². The average molecular weight is 294 g/mol. The number of nitrogens with one attached hydrogen (secondary N) is 1. The van der Waals surface area contributed by atoms with Gasteiger partial charge in [-0.25, -0.2) is 4.79 Å². The highest BCUT2D eigenvalue weighted by Crippen LogP contribution is 2.22. The number of carbonyl (C=O) groups excluding carboxylic acids is 2. The van der Waals surface area contributed by atoms with E-state index >= 15 is 0 Å². The molecule has 0 unspecified atom stereocenters. The van der Waals surface area contributed by atoms with E-state index in [9.17, 15) is 9.59 Å². The summed E-state index contributed by atoms with van der Waals surface area (Å²) in [6.45, 7) is 3.93. The number of benzene rings is 1. The smallest absolute Gasteiger partial charge is 0.328 e. The molecule has 0 aliphatic rings. The summed E-state index contributed by atoms with van der Waals surface area (Å²) in [5.74, 6) is -0.166. The number of methoxy groups -OCH3 is 2. The minimum atomic E-state index is -0.675. The van der Waals surface area contributed by atoms with E-state index in [0.717, 1.165) is 0 Å². The van der Waals surface area contributed by atoms with Crippen molar-refractivity contribution in [3.05, 3.63) is 23.8 Å². The van der Waals surface area contributed by atoms with Crippen LogP contribution in [-0.2, 0) is 9.53 Å². The molecule has 0 bridgehead atoms. The predicted octanol–water partition coefficient (Wildman–Crippen LogP) is 1.59. The van der Waals surface area contributed by atoms with Gasteiger partial charge in [-0.1, -0.05) is 13.8 Å². The minimum Gasteiger partial charge on any atom is -0.495 e. The van der Waals surface area contributed by atoms with E-state index in [4.69, 9.17) is 15.2 Å². The van der Waals surface area contributed by atoms with Crippen molar-refractivity contribution in [1.82, 2.24) is 5.32 Å². The van der Waals surface area contributed by atoms with Crippen molar-refractivity contribution in [2.45, 2.75) is 26.3 Å². The van der Waals surface area contributed by atoms with Crippen LogP contribution >= 0.6 is 0 Å². The highest BCUT2D eigenvalue weighted by molar-refractivity contribution is 5.97. The number of amides is 1. The number of hydrogen-bond acceptors (Lipinski definition) is 5. The fourth-order valence-electron chi connectivity index (χ4n) is 1.92. The van der Waals surface area contributed by atoms with Gasteiger partial charge in [0.05, 0.1) is 19.9 Å². The third-order valence-electron chi connectivity index (χ3n) is 2.99. The number of ether oxygens (including phenoxy) is 2. The molecule has 0 radical (unpaired) electrons. The molecule has 1 atom stereocenters. The van der Waals surface area contributed by atoms with Crippen LogP contribution in [0.5, 0.6) is 5.75 Å². The van der Waals surface area contributed by atoms with E-state index in [1.807, 2.05) is 13.8 Å². The molecule has 1 amide bonds. The Morgan fingerprint density at radius 1 is 1.29 bits per heavy atom. The number of nitrogen functional groups attached to an aromatic ring is 1. The summed E-state index contributed by atoms with van der Waals surface area (Å²) in [5, 5.41) is 2.68. The zero-order valence-corrected chi connectivity index (χ0v) is 12.8.